The highest BCUT2D eigenvalue weighted by Gasteiger charge is 2.32. The van der Waals surface area contributed by atoms with Gasteiger partial charge in [0.1, 0.15) is 6.17 Å². The average molecular weight is 199 g/mol. The van der Waals surface area contributed by atoms with E-state index >= 15 is 0 Å². The number of nitrogens with one attached hydrogen (secondary N) is 1. The van der Waals surface area contributed by atoms with Gasteiger partial charge in [0.2, 0.25) is 0 Å². The molecule has 0 aliphatic heterocycles. The minimum Gasteiger partial charge on any atom is -0.313 e. The van der Waals surface area contributed by atoms with Gasteiger partial charge >= 0.3 is 0 Å². The molecule has 14 heavy (non-hydrogen) atoms. The topological polar surface area (TPSA) is 12.0 Å². The molecule has 0 radical (unpaired) electrons. The van der Waals surface area contributed by atoms with E-state index in [4.69, 9.17) is 0 Å². The van der Waals surface area contributed by atoms with Crippen molar-refractivity contribution in [3.05, 3.63) is 0 Å². The molecule has 0 bridgehead atoms. The van der Waals surface area contributed by atoms with Crippen LogP contribution in [0.1, 0.15) is 51.9 Å². The number of hydrogen-bond donors (Lipinski definition) is 1. The van der Waals surface area contributed by atoms with Gasteiger partial charge < -0.3 is 5.32 Å². The van der Waals surface area contributed by atoms with Crippen molar-refractivity contribution in [2.75, 3.05) is 6.54 Å². The molecule has 2 saturated carbocycles. The summed E-state index contributed by atoms with van der Waals surface area (Å²) in [7, 11) is 0. The molecule has 1 nitrogen and oxygen atoms in total. The second-order valence-electron chi connectivity index (χ2n) is 5.49. The van der Waals surface area contributed by atoms with Crippen LogP contribution < -0.4 is 5.32 Å². The lowest BCUT2D eigenvalue weighted by Crippen LogP contribution is -2.43. The highest BCUT2D eigenvalue weighted by atomic mass is 19.1. The number of alkyl halides is 1. The highest BCUT2D eigenvalue weighted by molar-refractivity contribution is 4.87. The summed E-state index contributed by atoms with van der Waals surface area (Å²) in [5, 5.41) is 3.62. The summed E-state index contributed by atoms with van der Waals surface area (Å²) in [5.74, 6) is 0. The Morgan fingerprint density at radius 2 is 1.86 bits per heavy atom. The molecule has 2 heteroatoms. The largest absolute Gasteiger partial charge is 0.313 e. The fourth-order valence-electron chi connectivity index (χ4n) is 2.60. The van der Waals surface area contributed by atoms with E-state index < -0.39 is 6.17 Å². The van der Waals surface area contributed by atoms with Crippen molar-refractivity contribution < 1.29 is 4.39 Å². The molecule has 0 aromatic carbocycles. The molecule has 0 amide bonds. The molecule has 0 spiro atoms. The van der Waals surface area contributed by atoms with Crippen LogP contribution in [0.2, 0.25) is 0 Å². The van der Waals surface area contributed by atoms with Gasteiger partial charge in [0, 0.05) is 12.6 Å². The number of hydrogen-bond acceptors (Lipinski definition) is 1. The van der Waals surface area contributed by atoms with Gasteiger partial charge in [0.25, 0.3) is 0 Å². The van der Waals surface area contributed by atoms with Crippen LogP contribution in [0.25, 0.3) is 0 Å². The third-order valence-corrected chi connectivity index (χ3v) is 4.03. The maximum Gasteiger partial charge on any atom is 0.100 e. The predicted molar refractivity (Wildman–Crippen MR) is 57.1 cm³/mol. The fraction of sp³-hybridized carbons (Fsp3) is 1.00. The van der Waals surface area contributed by atoms with Crippen molar-refractivity contribution in [2.45, 2.75) is 64.1 Å². The molecule has 0 saturated heterocycles. The molecular weight excluding hydrogens is 177 g/mol. The Morgan fingerprint density at radius 3 is 2.36 bits per heavy atom. The molecule has 0 unspecified atom stereocenters. The standard InChI is InChI=1S/C12H22FN/c1-12(7-2-8-12)9-14-11-5-3-10(13)4-6-11/h10-11,14H,2-9H2,1H3. The van der Waals surface area contributed by atoms with E-state index in [0.29, 0.717) is 11.5 Å². The maximum absolute atomic E-state index is 12.9. The Hall–Kier alpha value is -0.110. The van der Waals surface area contributed by atoms with Gasteiger partial charge in [-0.1, -0.05) is 13.3 Å². The Labute approximate surface area is 86.5 Å². The summed E-state index contributed by atoms with van der Waals surface area (Å²) in [6, 6.07) is 0.597. The van der Waals surface area contributed by atoms with Crippen LogP contribution in [0.15, 0.2) is 0 Å². The molecule has 2 aliphatic carbocycles. The lowest BCUT2D eigenvalue weighted by molar-refractivity contribution is 0.138. The first-order chi connectivity index (χ1) is 6.68. The summed E-state index contributed by atoms with van der Waals surface area (Å²) in [5.41, 5.74) is 0.562. The van der Waals surface area contributed by atoms with Gasteiger partial charge in [-0.25, -0.2) is 4.39 Å². The van der Waals surface area contributed by atoms with E-state index in [2.05, 4.69) is 12.2 Å². The average Bonchev–Trinajstić information content (AvgIpc) is 2.14. The fourth-order valence-corrected chi connectivity index (χ4v) is 2.60. The molecule has 82 valence electrons. The van der Waals surface area contributed by atoms with E-state index in [-0.39, 0.29) is 0 Å². The first kappa shape index (κ1) is 10.4. The first-order valence-corrected chi connectivity index (χ1v) is 6.05. The summed E-state index contributed by atoms with van der Waals surface area (Å²) >= 11 is 0. The Bertz CT molecular complexity index is 181. The molecule has 2 aliphatic rings. The van der Waals surface area contributed by atoms with Crippen LogP contribution in [0.5, 0.6) is 0 Å². The monoisotopic (exact) mass is 199 g/mol. The van der Waals surface area contributed by atoms with Crippen molar-refractivity contribution >= 4 is 0 Å². The Morgan fingerprint density at radius 1 is 1.21 bits per heavy atom. The lowest BCUT2D eigenvalue weighted by Gasteiger charge is -2.40. The van der Waals surface area contributed by atoms with Gasteiger partial charge in [-0.15, -0.1) is 0 Å². The van der Waals surface area contributed by atoms with Gasteiger partial charge in [0.15, 0.2) is 0 Å². The second-order valence-corrected chi connectivity index (χ2v) is 5.49. The maximum atomic E-state index is 12.9. The quantitative estimate of drug-likeness (QED) is 0.736. The summed E-state index contributed by atoms with van der Waals surface area (Å²) in [6.07, 6.45) is 7.25. The number of halogens is 1. The van der Waals surface area contributed by atoms with E-state index in [1.165, 1.54) is 19.3 Å². The summed E-state index contributed by atoms with van der Waals surface area (Å²) in [6.45, 7) is 3.51. The van der Waals surface area contributed by atoms with Gasteiger partial charge in [0.05, 0.1) is 0 Å². The van der Waals surface area contributed by atoms with Gasteiger partial charge in [-0.2, -0.15) is 0 Å². The molecule has 0 aromatic heterocycles. The lowest BCUT2D eigenvalue weighted by atomic mass is 9.70. The van der Waals surface area contributed by atoms with Crippen LogP contribution in [0.4, 0.5) is 4.39 Å². The van der Waals surface area contributed by atoms with Crippen molar-refractivity contribution in [2.24, 2.45) is 5.41 Å². The Balaban J connectivity index is 1.65. The van der Waals surface area contributed by atoms with E-state index in [0.717, 1.165) is 32.2 Å². The van der Waals surface area contributed by atoms with Crippen LogP contribution in [-0.4, -0.2) is 18.8 Å². The van der Waals surface area contributed by atoms with E-state index in [1.807, 2.05) is 0 Å². The molecule has 1 N–H and O–H groups in total. The molecule has 0 atom stereocenters. The first-order valence-electron chi connectivity index (χ1n) is 6.05. The predicted octanol–water partition coefficient (Wildman–Crippen LogP) is 3.05. The van der Waals surface area contributed by atoms with Crippen LogP contribution >= 0.6 is 0 Å². The van der Waals surface area contributed by atoms with Gasteiger partial charge in [-0.3, -0.25) is 0 Å². The zero-order valence-electron chi connectivity index (χ0n) is 9.19. The second kappa shape index (κ2) is 4.18. The molecule has 2 rings (SSSR count). The minimum atomic E-state index is -0.521. The van der Waals surface area contributed by atoms with E-state index in [9.17, 15) is 4.39 Å². The van der Waals surface area contributed by atoms with Crippen LogP contribution in [0, 0.1) is 5.41 Å². The smallest absolute Gasteiger partial charge is 0.100 e. The van der Waals surface area contributed by atoms with E-state index in [1.54, 1.807) is 0 Å². The summed E-state index contributed by atoms with van der Waals surface area (Å²) in [4.78, 5) is 0. The van der Waals surface area contributed by atoms with Crippen molar-refractivity contribution in [3.63, 3.8) is 0 Å². The van der Waals surface area contributed by atoms with Crippen molar-refractivity contribution in [1.29, 1.82) is 0 Å². The normalized spacial score (nSPS) is 36.4. The molecule has 0 heterocycles. The summed E-state index contributed by atoms with van der Waals surface area (Å²) < 4.78 is 12.9. The minimum absolute atomic E-state index is 0.521. The van der Waals surface area contributed by atoms with Gasteiger partial charge in [-0.05, 0) is 43.9 Å². The van der Waals surface area contributed by atoms with Crippen LogP contribution in [0.3, 0.4) is 0 Å². The SMILES string of the molecule is CC1(CNC2CCC(F)CC2)CCC1. The molecular formula is C12H22FN. The van der Waals surface area contributed by atoms with Crippen LogP contribution in [-0.2, 0) is 0 Å². The molecule has 0 aromatic rings. The third-order valence-electron chi connectivity index (χ3n) is 4.03. The molecule has 2 fully saturated rings. The number of rotatable bonds is 3. The third kappa shape index (κ3) is 2.47. The van der Waals surface area contributed by atoms with Crippen molar-refractivity contribution in [1.82, 2.24) is 5.32 Å². The zero-order chi connectivity index (χ0) is 10.0. The zero-order valence-corrected chi connectivity index (χ0v) is 9.19. The van der Waals surface area contributed by atoms with Crippen molar-refractivity contribution in [3.8, 4) is 0 Å². The highest BCUT2D eigenvalue weighted by Crippen LogP contribution is 2.39. The Kier molecular flexibility index (Phi) is 3.10.